The van der Waals surface area contributed by atoms with E-state index in [1.807, 2.05) is 6.92 Å². The van der Waals surface area contributed by atoms with E-state index in [9.17, 15) is 9.50 Å². The first kappa shape index (κ1) is 16.1. The summed E-state index contributed by atoms with van der Waals surface area (Å²) < 4.78 is 18.6. The van der Waals surface area contributed by atoms with Crippen molar-refractivity contribution >= 4 is 11.4 Å². The SMILES string of the molecule is CC(Nc1cc(Oc2ccc(F)cc2)ccc1N)C(C)(C)O. The Balaban J connectivity index is 2.17. The van der Waals surface area contributed by atoms with Crippen molar-refractivity contribution in [3.63, 3.8) is 0 Å². The lowest BCUT2D eigenvalue weighted by atomic mass is 10.0. The molecule has 5 heteroatoms. The summed E-state index contributed by atoms with van der Waals surface area (Å²) in [5.74, 6) is 0.796. The summed E-state index contributed by atoms with van der Waals surface area (Å²) in [7, 11) is 0. The van der Waals surface area contributed by atoms with Crippen molar-refractivity contribution < 1.29 is 14.2 Å². The molecule has 0 radical (unpaired) electrons. The zero-order valence-electron chi connectivity index (χ0n) is 12.9. The fraction of sp³-hybridized carbons (Fsp3) is 0.294. The molecule has 0 amide bonds. The van der Waals surface area contributed by atoms with Gasteiger partial charge in [-0.3, -0.25) is 0 Å². The number of rotatable bonds is 5. The third-order valence-electron chi connectivity index (χ3n) is 3.51. The molecular formula is C17H21FN2O2. The van der Waals surface area contributed by atoms with Crippen molar-refractivity contribution in [2.45, 2.75) is 32.4 Å². The van der Waals surface area contributed by atoms with Crippen LogP contribution in [0.4, 0.5) is 15.8 Å². The van der Waals surface area contributed by atoms with E-state index >= 15 is 0 Å². The van der Waals surface area contributed by atoms with Crippen LogP contribution in [0.1, 0.15) is 20.8 Å². The summed E-state index contributed by atoms with van der Waals surface area (Å²) in [6, 6.07) is 10.8. The number of nitrogens with one attached hydrogen (secondary N) is 1. The van der Waals surface area contributed by atoms with Crippen LogP contribution >= 0.6 is 0 Å². The molecule has 0 heterocycles. The van der Waals surface area contributed by atoms with Crippen LogP contribution in [0.25, 0.3) is 0 Å². The molecule has 0 saturated heterocycles. The predicted octanol–water partition coefficient (Wildman–Crippen LogP) is 3.77. The minimum absolute atomic E-state index is 0.198. The predicted molar refractivity (Wildman–Crippen MR) is 86.7 cm³/mol. The van der Waals surface area contributed by atoms with Crippen molar-refractivity contribution in [2.24, 2.45) is 0 Å². The summed E-state index contributed by atoms with van der Waals surface area (Å²) in [4.78, 5) is 0. The second-order valence-corrected chi connectivity index (χ2v) is 5.82. The van der Waals surface area contributed by atoms with Crippen LogP contribution in [0.5, 0.6) is 11.5 Å². The second-order valence-electron chi connectivity index (χ2n) is 5.82. The van der Waals surface area contributed by atoms with Crippen molar-refractivity contribution in [2.75, 3.05) is 11.1 Å². The average Bonchev–Trinajstić information content (AvgIpc) is 2.44. The molecule has 2 aromatic carbocycles. The number of anilines is 2. The number of hydrogen-bond acceptors (Lipinski definition) is 4. The Morgan fingerprint density at radius 3 is 2.32 bits per heavy atom. The first-order valence-corrected chi connectivity index (χ1v) is 7.07. The molecule has 0 fully saturated rings. The highest BCUT2D eigenvalue weighted by Crippen LogP contribution is 2.29. The van der Waals surface area contributed by atoms with Crippen LogP contribution in [0.2, 0.25) is 0 Å². The quantitative estimate of drug-likeness (QED) is 0.736. The Kier molecular flexibility index (Phi) is 4.56. The summed E-state index contributed by atoms with van der Waals surface area (Å²) >= 11 is 0. The number of ether oxygens (including phenoxy) is 1. The lowest BCUT2D eigenvalue weighted by molar-refractivity contribution is 0.0649. The monoisotopic (exact) mass is 304 g/mol. The Morgan fingerprint density at radius 1 is 1.14 bits per heavy atom. The molecular weight excluding hydrogens is 283 g/mol. The van der Waals surface area contributed by atoms with Crippen molar-refractivity contribution in [1.29, 1.82) is 0 Å². The highest BCUT2D eigenvalue weighted by atomic mass is 19.1. The Morgan fingerprint density at radius 2 is 1.73 bits per heavy atom. The van der Waals surface area contributed by atoms with Gasteiger partial charge in [-0.15, -0.1) is 0 Å². The van der Waals surface area contributed by atoms with Crippen LogP contribution in [-0.4, -0.2) is 16.7 Å². The van der Waals surface area contributed by atoms with Gasteiger partial charge in [0.2, 0.25) is 0 Å². The van der Waals surface area contributed by atoms with E-state index in [4.69, 9.17) is 10.5 Å². The molecule has 0 aliphatic heterocycles. The number of halogens is 1. The maximum atomic E-state index is 12.9. The zero-order valence-corrected chi connectivity index (χ0v) is 12.9. The first-order valence-electron chi connectivity index (χ1n) is 7.07. The number of benzene rings is 2. The van der Waals surface area contributed by atoms with Gasteiger partial charge >= 0.3 is 0 Å². The van der Waals surface area contributed by atoms with Crippen molar-refractivity contribution in [3.05, 3.63) is 48.3 Å². The lowest BCUT2D eigenvalue weighted by Crippen LogP contribution is -2.39. The van der Waals surface area contributed by atoms with Gasteiger partial charge in [0.25, 0.3) is 0 Å². The molecule has 118 valence electrons. The van der Waals surface area contributed by atoms with Crippen LogP contribution in [-0.2, 0) is 0 Å². The van der Waals surface area contributed by atoms with Gasteiger partial charge < -0.3 is 20.9 Å². The van der Waals surface area contributed by atoms with Gasteiger partial charge in [0.05, 0.1) is 23.0 Å². The standard InChI is InChI=1S/C17H21FN2O2/c1-11(17(2,3)21)20-16-10-14(8-9-15(16)19)22-13-6-4-12(18)5-7-13/h4-11,20-21H,19H2,1-3H3. The molecule has 4 nitrogen and oxygen atoms in total. The van der Waals surface area contributed by atoms with E-state index in [0.717, 1.165) is 0 Å². The molecule has 2 aromatic rings. The van der Waals surface area contributed by atoms with Crippen LogP contribution in [0, 0.1) is 5.82 Å². The lowest BCUT2D eigenvalue weighted by Gasteiger charge is -2.28. The Bertz CT molecular complexity index is 636. The normalized spacial score (nSPS) is 12.8. The molecule has 1 atom stereocenters. The highest BCUT2D eigenvalue weighted by Gasteiger charge is 2.22. The van der Waals surface area contributed by atoms with Gasteiger partial charge in [-0.2, -0.15) is 0 Å². The number of aliphatic hydroxyl groups is 1. The van der Waals surface area contributed by atoms with E-state index in [1.165, 1.54) is 12.1 Å². The minimum Gasteiger partial charge on any atom is -0.457 e. The highest BCUT2D eigenvalue weighted by molar-refractivity contribution is 5.69. The maximum absolute atomic E-state index is 12.9. The molecule has 0 bridgehead atoms. The molecule has 22 heavy (non-hydrogen) atoms. The van der Waals surface area contributed by atoms with E-state index in [1.54, 1.807) is 44.2 Å². The van der Waals surface area contributed by atoms with Gasteiger partial charge in [0, 0.05) is 6.07 Å². The first-order chi connectivity index (χ1) is 10.3. The van der Waals surface area contributed by atoms with Crippen LogP contribution in [0.15, 0.2) is 42.5 Å². The van der Waals surface area contributed by atoms with Gasteiger partial charge in [-0.1, -0.05) is 0 Å². The summed E-state index contributed by atoms with van der Waals surface area (Å²) in [5.41, 5.74) is 6.29. The molecule has 0 saturated carbocycles. The second kappa shape index (κ2) is 6.23. The van der Waals surface area contributed by atoms with E-state index in [0.29, 0.717) is 22.9 Å². The van der Waals surface area contributed by atoms with E-state index in [-0.39, 0.29) is 11.9 Å². The average molecular weight is 304 g/mol. The molecule has 0 spiro atoms. The summed E-state index contributed by atoms with van der Waals surface area (Å²) in [6.07, 6.45) is 0. The van der Waals surface area contributed by atoms with E-state index in [2.05, 4.69) is 5.32 Å². The molecule has 0 aromatic heterocycles. The third-order valence-corrected chi connectivity index (χ3v) is 3.51. The fourth-order valence-electron chi connectivity index (χ4n) is 1.77. The maximum Gasteiger partial charge on any atom is 0.129 e. The smallest absolute Gasteiger partial charge is 0.129 e. The summed E-state index contributed by atoms with van der Waals surface area (Å²) in [6.45, 7) is 5.31. The fourth-order valence-corrected chi connectivity index (χ4v) is 1.77. The third kappa shape index (κ3) is 4.11. The van der Waals surface area contributed by atoms with Crippen molar-refractivity contribution in [3.8, 4) is 11.5 Å². The molecule has 1 unspecified atom stereocenters. The van der Waals surface area contributed by atoms with Gasteiger partial charge in [-0.25, -0.2) is 4.39 Å². The van der Waals surface area contributed by atoms with Gasteiger partial charge in [0.1, 0.15) is 17.3 Å². The Labute approximate surface area is 129 Å². The number of nitrogens with two attached hydrogens (primary N) is 1. The van der Waals surface area contributed by atoms with Crippen LogP contribution < -0.4 is 15.8 Å². The Hall–Kier alpha value is -2.27. The zero-order chi connectivity index (χ0) is 16.3. The van der Waals surface area contributed by atoms with Crippen molar-refractivity contribution in [1.82, 2.24) is 0 Å². The van der Waals surface area contributed by atoms with E-state index < -0.39 is 5.60 Å². The molecule has 2 rings (SSSR count). The van der Waals surface area contributed by atoms with Crippen LogP contribution in [0.3, 0.4) is 0 Å². The topological polar surface area (TPSA) is 67.5 Å². The van der Waals surface area contributed by atoms with Gasteiger partial charge in [0.15, 0.2) is 0 Å². The molecule has 4 N–H and O–H groups in total. The minimum atomic E-state index is -0.889. The van der Waals surface area contributed by atoms with Gasteiger partial charge in [-0.05, 0) is 57.2 Å². The number of nitrogen functional groups attached to an aromatic ring is 1. The molecule has 0 aliphatic carbocycles. The largest absolute Gasteiger partial charge is 0.457 e. The summed E-state index contributed by atoms with van der Waals surface area (Å²) in [5, 5.41) is 13.2. The molecule has 0 aliphatic rings. The number of hydrogen-bond donors (Lipinski definition) is 3.